The maximum absolute atomic E-state index is 12.1. The monoisotopic (exact) mass is 313 g/mol. The lowest BCUT2D eigenvalue weighted by atomic mass is 10.2. The van der Waals surface area contributed by atoms with Crippen molar-refractivity contribution in [2.24, 2.45) is 0 Å². The predicted octanol–water partition coefficient (Wildman–Crippen LogP) is 3.80. The fourth-order valence-corrected chi connectivity index (χ4v) is 3.00. The highest BCUT2D eigenvalue weighted by atomic mass is 16.5. The molecule has 1 amide bonds. The number of amides is 1. The van der Waals surface area contributed by atoms with Gasteiger partial charge in [-0.15, -0.1) is 0 Å². The molecule has 5 heteroatoms. The minimum atomic E-state index is 0.0152. The normalized spacial score (nSPS) is 14.8. The molecule has 1 aromatic heterocycles. The van der Waals surface area contributed by atoms with E-state index in [0.29, 0.717) is 25.5 Å². The molecule has 3 rings (SSSR count). The first-order valence-corrected chi connectivity index (χ1v) is 8.34. The Kier molecular flexibility index (Phi) is 5.29. The predicted molar refractivity (Wildman–Crippen MR) is 89.5 cm³/mol. The highest BCUT2D eigenvalue weighted by Gasteiger charge is 2.20. The van der Waals surface area contributed by atoms with Gasteiger partial charge in [-0.2, -0.15) is 5.10 Å². The van der Waals surface area contributed by atoms with Crippen LogP contribution in [0.5, 0.6) is 5.75 Å². The average molecular weight is 313 g/mol. The lowest BCUT2D eigenvalue weighted by Gasteiger charge is -2.14. The Labute approximate surface area is 136 Å². The molecule has 1 aliphatic rings. The summed E-state index contributed by atoms with van der Waals surface area (Å²) >= 11 is 0. The van der Waals surface area contributed by atoms with E-state index >= 15 is 0 Å². The zero-order valence-electron chi connectivity index (χ0n) is 13.3. The molecular weight excluding hydrogens is 290 g/mol. The molecule has 1 saturated carbocycles. The third-order valence-electron chi connectivity index (χ3n) is 4.17. The van der Waals surface area contributed by atoms with Gasteiger partial charge in [-0.25, -0.2) is 4.68 Å². The van der Waals surface area contributed by atoms with E-state index in [9.17, 15) is 4.79 Å². The molecule has 1 heterocycles. The van der Waals surface area contributed by atoms with Gasteiger partial charge in [-0.3, -0.25) is 4.79 Å². The van der Waals surface area contributed by atoms with Crippen molar-refractivity contribution in [2.75, 3.05) is 11.9 Å². The van der Waals surface area contributed by atoms with Crippen molar-refractivity contribution in [1.29, 1.82) is 0 Å². The lowest BCUT2D eigenvalue weighted by molar-refractivity contribution is -0.116. The van der Waals surface area contributed by atoms with Crippen LogP contribution in [0.4, 0.5) is 5.82 Å². The quantitative estimate of drug-likeness (QED) is 0.791. The Hall–Kier alpha value is -2.30. The fraction of sp³-hybridized carbons (Fsp3) is 0.444. The van der Waals surface area contributed by atoms with E-state index in [1.165, 1.54) is 12.8 Å². The number of aromatic nitrogens is 2. The number of hydrogen-bond donors (Lipinski definition) is 1. The molecule has 1 N–H and O–H groups in total. The number of carbonyl (C=O) groups is 1. The highest BCUT2D eigenvalue weighted by Crippen LogP contribution is 2.31. The Morgan fingerprint density at radius 1 is 1.22 bits per heavy atom. The van der Waals surface area contributed by atoms with Gasteiger partial charge in [0.25, 0.3) is 0 Å². The van der Waals surface area contributed by atoms with E-state index < -0.39 is 0 Å². The van der Waals surface area contributed by atoms with E-state index in [-0.39, 0.29) is 5.91 Å². The van der Waals surface area contributed by atoms with Crippen LogP contribution in [-0.4, -0.2) is 22.3 Å². The Balaban J connectivity index is 1.42. The van der Waals surface area contributed by atoms with Crippen molar-refractivity contribution < 1.29 is 9.53 Å². The van der Waals surface area contributed by atoms with E-state index in [1.807, 2.05) is 41.1 Å². The molecule has 5 nitrogen and oxygen atoms in total. The summed E-state index contributed by atoms with van der Waals surface area (Å²) in [6.07, 6.45) is 7.68. The number of rotatable bonds is 7. The van der Waals surface area contributed by atoms with Crippen LogP contribution in [0.3, 0.4) is 0 Å². The van der Waals surface area contributed by atoms with Crippen molar-refractivity contribution >= 4 is 11.7 Å². The van der Waals surface area contributed by atoms with E-state index in [2.05, 4.69) is 10.4 Å². The smallest absolute Gasteiger partial charge is 0.225 e. The summed E-state index contributed by atoms with van der Waals surface area (Å²) in [7, 11) is 0. The summed E-state index contributed by atoms with van der Waals surface area (Å²) < 4.78 is 7.56. The Morgan fingerprint density at radius 2 is 2.00 bits per heavy atom. The van der Waals surface area contributed by atoms with Crippen LogP contribution >= 0.6 is 0 Å². The zero-order valence-corrected chi connectivity index (χ0v) is 13.3. The molecule has 0 bridgehead atoms. The molecule has 0 radical (unpaired) electrons. The first-order valence-electron chi connectivity index (χ1n) is 8.34. The summed E-state index contributed by atoms with van der Waals surface area (Å²) in [6.45, 7) is 0.541. The number of ether oxygens (including phenoxy) is 1. The van der Waals surface area contributed by atoms with Crippen LogP contribution in [0.1, 0.15) is 44.6 Å². The van der Waals surface area contributed by atoms with Crippen molar-refractivity contribution in [3.63, 3.8) is 0 Å². The summed E-state index contributed by atoms with van der Waals surface area (Å²) in [6, 6.07) is 12.0. The van der Waals surface area contributed by atoms with Gasteiger partial charge in [-0.1, -0.05) is 31.0 Å². The molecule has 23 heavy (non-hydrogen) atoms. The summed E-state index contributed by atoms with van der Waals surface area (Å²) in [5.74, 6) is 1.67. The third kappa shape index (κ3) is 4.34. The van der Waals surface area contributed by atoms with E-state index in [4.69, 9.17) is 4.74 Å². The number of carbonyl (C=O) groups excluding carboxylic acids is 1. The van der Waals surface area contributed by atoms with Crippen LogP contribution < -0.4 is 10.1 Å². The Bertz CT molecular complexity index is 618. The second-order valence-electron chi connectivity index (χ2n) is 5.91. The van der Waals surface area contributed by atoms with Gasteiger partial charge in [0, 0.05) is 12.5 Å². The number of benzene rings is 1. The second-order valence-corrected chi connectivity index (χ2v) is 5.91. The van der Waals surface area contributed by atoms with E-state index in [0.717, 1.165) is 24.4 Å². The van der Waals surface area contributed by atoms with Gasteiger partial charge < -0.3 is 10.1 Å². The first kappa shape index (κ1) is 15.6. The molecule has 1 fully saturated rings. The molecule has 1 aliphatic carbocycles. The third-order valence-corrected chi connectivity index (χ3v) is 4.17. The molecular formula is C18H23N3O2. The van der Waals surface area contributed by atoms with Crippen LogP contribution in [0.15, 0.2) is 42.6 Å². The van der Waals surface area contributed by atoms with Gasteiger partial charge in [0.05, 0.1) is 18.8 Å². The van der Waals surface area contributed by atoms with Gasteiger partial charge in [0.1, 0.15) is 11.6 Å². The molecule has 122 valence electrons. The average Bonchev–Trinajstić information content (AvgIpc) is 3.23. The molecule has 2 aromatic rings. The number of nitrogens with zero attached hydrogens (tertiary/aromatic N) is 2. The van der Waals surface area contributed by atoms with Crippen LogP contribution in [-0.2, 0) is 4.79 Å². The maximum Gasteiger partial charge on any atom is 0.225 e. The van der Waals surface area contributed by atoms with Crippen LogP contribution in [0, 0.1) is 0 Å². The topological polar surface area (TPSA) is 56.1 Å². The minimum Gasteiger partial charge on any atom is -0.494 e. The zero-order chi connectivity index (χ0) is 15.9. The fourth-order valence-electron chi connectivity index (χ4n) is 3.00. The van der Waals surface area contributed by atoms with Crippen molar-refractivity contribution in [2.45, 2.75) is 44.6 Å². The molecule has 1 aromatic carbocycles. The van der Waals surface area contributed by atoms with Gasteiger partial charge in [-0.05, 0) is 31.4 Å². The molecule has 0 atom stereocenters. The summed E-state index contributed by atoms with van der Waals surface area (Å²) in [4.78, 5) is 12.1. The second kappa shape index (κ2) is 7.81. The van der Waals surface area contributed by atoms with Crippen molar-refractivity contribution in [1.82, 2.24) is 9.78 Å². The van der Waals surface area contributed by atoms with Crippen LogP contribution in [0.25, 0.3) is 0 Å². The number of anilines is 1. The highest BCUT2D eigenvalue weighted by molar-refractivity contribution is 5.89. The molecule has 0 spiro atoms. The largest absolute Gasteiger partial charge is 0.494 e. The van der Waals surface area contributed by atoms with Crippen molar-refractivity contribution in [3.8, 4) is 5.75 Å². The number of para-hydroxylation sites is 1. The summed E-state index contributed by atoms with van der Waals surface area (Å²) in [5, 5.41) is 7.34. The minimum absolute atomic E-state index is 0.0152. The summed E-state index contributed by atoms with van der Waals surface area (Å²) in [5.41, 5.74) is 0. The SMILES string of the molecule is O=C(CCCOc1ccccc1)Nc1ccnn1C1CCCC1. The standard InChI is InChI=1S/C18H23N3O2/c22-18(11-6-14-23-16-9-2-1-3-10-16)20-17-12-13-19-21(17)15-7-4-5-8-15/h1-3,9-10,12-13,15H,4-8,11,14H2,(H,20,22). The van der Waals surface area contributed by atoms with Crippen LogP contribution in [0.2, 0.25) is 0 Å². The lowest BCUT2D eigenvalue weighted by Crippen LogP contribution is -2.18. The van der Waals surface area contributed by atoms with Gasteiger partial charge in [0.15, 0.2) is 0 Å². The molecule has 0 saturated heterocycles. The first-order chi connectivity index (χ1) is 11.3. The van der Waals surface area contributed by atoms with Gasteiger partial charge >= 0.3 is 0 Å². The maximum atomic E-state index is 12.1. The molecule has 0 aliphatic heterocycles. The Morgan fingerprint density at radius 3 is 2.78 bits per heavy atom. The number of hydrogen-bond acceptors (Lipinski definition) is 3. The van der Waals surface area contributed by atoms with Gasteiger partial charge in [0.2, 0.25) is 5.91 Å². The van der Waals surface area contributed by atoms with E-state index in [1.54, 1.807) is 6.20 Å². The molecule has 0 unspecified atom stereocenters. The van der Waals surface area contributed by atoms with Crippen molar-refractivity contribution in [3.05, 3.63) is 42.6 Å². The number of nitrogens with one attached hydrogen (secondary N) is 1.